The van der Waals surface area contributed by atoms with Gasteiger partial charge in [-0.3, -0.25) is 0 Å². The first-order chi connectivity index (χ1) is 26.9. The van der Waals surface area contributed by atoms with Crippen molar-refractivity contribution in [2.45, 2.75) is 0 Å². The molecule has 52 heavy (non-hydrogen) atoms. The molecular weight excluding hydrogens is 645 g/mol. The molecule has 0 radical (unpaired) electrons. The van der Waals surface area contributed by atoms with Gasteiger partial charge in [-0.1, -0.05) is 97.1 Å². The molecule has 2 N–H and O–H groups in total. The summed E-state index contributed by atoms with van der Waals surface area (Å²) in [6.45, 7) is 0. The van der Waals surface area contributed by atoms with Crippen LogP contribution in [-0.4, -0.2) is 29.7 Å². The van der Waals surface area contributed by atoms with E-state index in [9.17, 15) is 10.2 Å². The molecule has 0 fully saturated rings. The SMILES string of the molecule is [2H]c1c([2H])c(-c2nc(-c3ccccc3)nc(-c3ccc4oc5c(-n6c7ccccc7c7cc(-c8ccccc8)ccc76)cccc5c4c3)n2)c([2H])c(O)c1O. The fourth-order valence-electron chi connectivity index (χ4n) is 6.98. The normalized spacial score (nSPS) is 12.4. The molecule has 10 rings (SSSR count). The Bertz CT molecular complexity index is 3130. The lowest BCUT2D eigenvalue weighted by Crippen LogP contribution is -2.00. The van der Waals surface area contributed by atoms with Crippen LogP contribution in [0.3, 0.4) is 0 Å². The van der Waals surface area contributed by atoms with E-state index in [2.05, 4.69) is 81.3 Å². The Kier molecular flexibility index (Phi) is 5.97. The molecule has 10 aromatic rings. The standard InChI is InChI=1S/C45H28N4O3/c50-39-22-19-31(26-40(39)51)45-47-43(28-12-5-2-6-13-28)46-44(48-45)30-20-23-41-35(25-30)33-15-9-17-38(42(33)52-41)49-36-16-8-7-14-32(36)34-24-29(18-21-37(34)49)27-10-3-1-4-11-27/h1-26,50-51H/i19D,22D,26D. The highest BCUT2D eigenvalue weighted by Gasteiger charge is 2.20. The number of hydrogen-bond acceptors (Lipinski definition) is 6. The van der Waals surface area contributed by atoms with Gasteiger partial charge in [-0.2, -0.15) is 0 Å². The molecular formula is C45H28N4O3. The average Bonchev–Trinajstić information content (AvgIpc) is 3.78. The summed E-state index contributed by atoms with van der Waals surface area (Å²) < 4.78 is 34.2. The fraction of sp³-hybridized carbons (Fsp3) is 0. The quantitative estimate of drug-likeness (QED) is 0.176. The van der Waals surface area contributed by atoms with Crippen LogP contribution in [0.2, 0.25) is 0 Å². The summed E-state index contributed by atoms with van der Waals surface area (Å²) in [4.78, 5) is 14.1. The molecule has 0 aliphatic rings. The summed E-state index contributed by atoms with van der Waals surface area (Å²) in [5, 5.41) is 24.6. The summed E-state index contributed by atoms with van der Waals surface area (Å²) in [7, 11) is 0. The molecule has 3 aromatic heterocycles. The lowest BCUT2D eigenvalue weighted by atomic mass is 10.0. The van der Waals surface area contributed by atoms with E-state index in [1.807, 2.05) is 72.8 Å². The van der Waals surface area contributed by atoms with E-state index < -0.39 is 29.6 Å². The number of benzene rings is 7. The second kappa shape index (κ2) is 11.7. The van der Waals surface area contributed by atoms with Gasteiger partial charge in [0.1, 0.15) is 5.58 Å². The van der Waals surface area contributed by atoms with Gasteiger partial charge in [0.15, 0.2) is 34.6 Å². The van der Waals surface area contributed by atoms with Gasteiger partial charge in [0.25, 0.3) is 0 Å². The Balaban J connectivity index is 1.16. The summed E-state index contributed by atoms with van der Waals surface area (Å²) in [5.41, 5.74) is 7.78. The van der Waals surface area contributed by atoms with Crippen molar-refractivity contribution in [1.29, 1.82) is 0 Å². The number of rotatable bonds is 5. The Morgan fingerprint density at radius 2 is 1.12 bits per heavy atom. The predicted molar refractivity (Wildman–Crippen MR) is 207 cm³/mol. The zero-order chi connectivity index (χ0) is 37.4. The van der Waals surface area contributed by atoms with Gasteiger partial charge in [-0.15, -0.1) is 0 Å². The van der Waals surface area contributed by atoms with Crippen LogP contribution in [0.1, 0.15) is 4.11 Å². The maximum atomic E-state index is 10.5. The van der Waals surface area contributed by atoms with E-state index in [1.165, 1.54) is 0 Å². The lowest BCUT2D eigenvalue weighted by Gasteiger charge is -2.09. The van der Waals surface area contributed by atoms with Gasteiger partial charge in [0.05, 0.1) is 20.8 Å². The van der Waals surface area contributed by atoms with Crippen LogP contribution >= 0.6 is 0 Å². The van der Waals surface area contributed by atoms with Gasteiger partial charge in [0.2, 0.25) is 0 Å². The van der Waals surface area contributed by atoms with Crippen LogP contribution in [0.5, 0.6) is 11.5 Å². The summed E-state index contributed by atoms with van der Waals surface area (Å²) in [5.74, 6) is -1.21. The second-order valence-electron chi connectivity index (χ2n) is 12.5. The molecule has 0 aliphatic carbocycles. The molecule has 0 bridgehead atoms. The van der Waals surface area contributed by atoms with Crippen molar-refractivity contribution in [2.24, 2.45) is 0 Å². The van der Waals surface area contributed by atoms with Crippen LogP contribution in [-0.2, 0) is 0 Å². The zero-order valence-corrected chi connectivity index (χ0v) is 27.4. The van der Waals surface area contributed by atoms with Crippen LogP contribution < -0.4 is 0 Å². The van der Waals surface area contributed by atoms with Gasteiger partial charge in [0, 0.05) is 38.2 Å². The van der Waals surface area contributed by atoms with Crippen molar-refractivity contribution < 1.29 is 18.7 Å². The molecule has 246 valence electrons. The molecule has 0 saturated heterocycles. The third-order valence-electron chi connectivity index (χ3n) is 9.42. The third kappa shape index (κ3) is 4.79. The van der Waals surface area contributed by atoms with Crippen molar-refractivity contribution >= 4 is 43.7 Å². The predicted octanol–water partition coefficient (Wildman–Crippen LogP) is 10.9. The van der Waals surface area contributed by atoms with Crippen molar-refractivity contribution in [3.8, 4) is 62.5 Å². The average molecular weight is 676 g/mol. The minimum Gasteiger partial charge on any atom is -0.504 e. The molecule has 7 heteroatoms. The summed E-state index contributed by atoms with van der Waals surface area (Å²) in [6.07, 6.45) is 0. The monoisotopic (exact) mass is 675 g/mol. The zero-order valence-electron chi connectivity index (χ0n) is 30.4. The summed E-state index contributed by atoms with van der Waals surface area (Å²) in [6, 6.07) is 44.7. The van der Waals surface area contributed by atoms with Gasteiger partial charge in [-0.25, -0.2) is 15.0 Å². The van der Waals surface area contributed by atoms with E-state index in [-0.39, 0.29) is 23.0 Å². The van der Waals surface area contributed by atoms with E-state index in [0.29, 0.717) is 22.3 Å². The number of phenolic OH excluding ortho intramolecular Hbond substituents is 2. The number of furan rings is 1. The number of fused-ring (bicyclic) bond motifs is 6. The van der Waals surface area contributed by atoms with Crippen LogP contribution in [0.4, 0.5) is 0 Å². The molecule has 7 nitrogen and oxygen atoms in total. The molecule has 0 saturated carbocycles. The largest absolute Gasteiger partial charge is 0.504 e. The Hall–Kier alpha value is -7.25. The molecule has 3 heterocycles. The third-order valence-corrected chi connectivity index (χ3v) is 9.42. The van der Waals surface area contributed by atoms with E-state index in [4.69, 9.17) is 13.5 Å². The van der Waals surface area contributed by atoms with E-state index in [1.54, 1.807) is 0 Å². The van der Waals surface area contributed by atoms with Crippen LogP contribution in [0.15, 0.2) is 162 Å². The summed E-state index contributed by atoms with van der Waals surface area (Å²) >= 11 is 0. The van der Waals surface area contributed by atoms with Crippen LogP contribution in [0, 0.1) is 0 Å². The highest BCUT2D eigenvalue weighted by atomic mass is 16.3. The number of aromatic nitrogens is 4. The Morgan fingerprint density at radius 3 is 1.92 bits per heavy atom. The molecule has 0 unspecified atom stereocenters. The minimum atomic E-state index is -0.842. The first kappa shape index (κ1) is 26.6. The van der Waals surface area contributed by atoms with E-state index >= 15 is 0 Å². The number of phenols is 2. The van der Waals surface area contributed by atoms with Crippen molar-refractivity contribution in [2.75, 3.05) is 0 Å². The van der Waals surface area contributed by atoms with Crippen molar-refractivity contribution in [3.63, 3.8) is 0 Å². The molecule has 0 amide bonds. The van der Waals surface area contributed by atoms with Gasteiger partial charge < -0.3 is 19.2 Å². The molecule has 7 aromatic carbocycles. The Morgan fingerprint density at radius 1 is 0.481 bits per heavy atom. The number of nitrogens with zero attached hydrogens (tertiary/aromatic N) is 4. The van der Waals surface area contributed by atoms with Crippen LogP contribution in [0.25, 0.3) is 94.7 Å². The second-order valence-corrected chi connectivity index (χ2v) is 12.5. The number of para-hydroxylation sites is 2. The highest BCUT2D eigenvalue weighted by Crippen LogP contribution is 2.40. The minimum absolute atomic E-state index is 0.0797. The molecule has 0 atom stereocenters. The fourth-order valence-corrected chi connectivity index (χ4v) is 6.98. The molecule has 0 aliphatic heterocycles. The van der Waals surface area contributed by atoms with E-state index in [0.717, 1.165) is 49.4 Å². The first-order valence-corrected chi connectivity index (χ1v) is 16.7. The maximum absolute atomic E-state index is 10.5. The van der Waals surface area contributed by atoms with Gasteiger partial charge >= 0.3 is 0 Å². The number of hydrogen-bond donors (Lipinski definition) is 2. The first-order valence-electron chi connectivity index (χ1n) is 18.2. The van der Waals surface area contributed by atoms with Crippen molar-refractivity contribution in [1.82, 2.24) is 19.5 Å². The maximum Gasteiger partial charge on any atom is 0.164 e. The topological polar surface area (TPSA) is 97.2 Å². The van der Waals surface area contributed by atoms with Gasteiger partial charge in [-0.05, 0) is 71.7 Å². The smallest absolute Gasteiger partial charge is 0.164 e. The highest BCUT2D eigenvalue weighted by molar-refractivity contribution is 6.13. The lowest BCUT2D eigenvalue weighted by molar-refractivity contribution is 0.404. The Labute approximate surface area is 301 Å². The molecule has 0 spiro atoms. The number of aromatic hydroxyl groups is 2. The van der Waals surface area contributed by atoms with Crippen molar-refractivity contribution in [3.05, 3.63) is 158 Å².